The largest absolute Gasteiger partial charge is 0.399 e. The molecule has 146 valence electrons. The Bertz CT molecular complexity index is 859. The number of pyridine rings is 1. The SMILES string of the molecule is Nc1ccnc(-c2ccc(C(=O)N3CCC[C@H](C(=O)N4CCCC4)C3)cc2)c1. The van der Waals surface area contributed by atoms with Gasteiger partial charge in [0.15, 0.2) is 0 Å². The van der Waals surface area contributed by atoms with Crippen LogP contribution in [-0.2, 0) is 4.79 Å². The molecule has 2 saturated heterocycles. The number of piperidine rings is 1. The topological polar surface area (TPSA) is 79.5 Å². The first-order valence-corrected chi connectivity index (χ1v) is 10.0. The van der Waals surface area contributed by atoms with E-state index in [-0.39, 0.29) is 17.7 Å². The van der Waals surface area contributed by atoms with Crippen LogP contribution in [0.3, 0.4) is 0 Å². The summed E-state index contributed by atoms with van der Waals surface area (Å²) in [6.07, 6.45) is 5.61. The number of hydrogen-bond donors (Lipinski definition) is 1. The lowest BCUT2D eigenvalue weighted by Crippen LogP contribution is -2.46. The van der Waals surface area contributed by atoms with E-state index in [0.29, 0.717) is 24.3 Å². The van der Waals surface area contributed by atoms with Gasteiger partial charge in [-0.3, -0.25) is 14.6 Å². The van der Waals surface area contributed by atoms with Gasteiger partial charge in [0.2, 0.25) is 5.91 Å². The number of nitrogen functional groups attached to an aromatic ring is 1. The zero-order valence-corrected chi connectivity index (χ0v) is 16.0. The van der Waals surface area contributed by atoms with Crippen molar-refractivity contribution < 1.29 is 9.59 Å². The third-order valence-electron chi connectivity index (χ3n) is 5.69. The van der Waals surface area contributed by atoms with Crippen LogP contribution < -0.4 is 5.73 Å². The number of nitrogens with zero attached hydrogens (tertiary/aromatic N) is 3. The minimum atomic E-state index is -0.0634. The molecule has 2 aliphatic rings. The molecule has 2 aliphatic heterocycles. The molecule has 3 heterocycles. The molecular formula is C22H26N4O2. The van der Waals surface area contributed by atoms with Crippen LogP contribution in [0.1, 0.15) is 36.0 Å². The van der Waals surface area contributed by atoms with Crippen molar-refractivity contribution in [2.24, 2.45) is 5.92 Å². The van der Waals surface area contributed by atoms with Gasteiger partial charge in [-0.25, -0.2) is 0 Å². The molecule has 0 aliphatic carbocycles. The van der Waals surface area contributed by atoms with Gasteiger partial charge < -0.3 is 15.5 Å². The fourth-order valence-corrected chi connectivity index (χ4v) is 4.13. The van der Waals surface area contributed by atoms with Gasteiger partial charge in [0.1, 0.15) is 0 Å². The number of anilines is 1. The highest BCUT2D eigenvalue weighted by molar-refractivity contribution is 5.95. The quantitative estimate of drug-likeness (QED) is 0.891. The molecule has 1 aromatic heterocycles. The molecule has 0 bridgehead atoms. The van der Waals surface area contributed by atoms with Gasteiger partial charge in [0.05, 0.1) is 11.6 Å². The second-order valence-electron chi connectivity index (χ2n) is 7.67. The van der Waals surface area contributed by atoms with Crippen LogP contribution in [0.25, 0.3) is 11.3 Å². The summed E-state index contributed by atoms with van der Waals surface area (Å²) in [4.78, 5) is 33.8. The summed E-state index contributed by atoms with van der Waals surface area (Å²) in [6.45, 7) is 2.96. The molecule has 2 amide bonds. The molecule has 4 rings (SSSR count). The average molecular weight is 378 g/mol. The summed E-state index contributed by atoms with van der Waals surface area (Å²) >= 11 is 0. The van der Waals surface area contributed by atoms with Gasteiger partial charge in [-0.1, -0.05) is 12.1 Å². The van der Waals surface area contributed by atoms with Crippen LogP contribution in [0.4, 0.5) is 5.69 Å². The highest BCUT2D eigenvalue weighted by Crippen LogP contribution is 2.24. The molecule has 1 aromatic carbocycles. The van der Waals surface area contributed by atoms with Gasteiger partial charge >= 0.3 is 0 Å². The molecule has 2 aromatic rings. The summed E-state index contributed by atoms with van der Waals surface area (Å²) < 4.78 is 0. The average Bonchev–Trinajstić information content (AvgIpc) is 3.28. The minimum absolute atomic E-state index is 0.00833. The van der Waals surface area contributed by atoms with Crippen LogP contribution in [0.15, 0.2) is 42.6 Å². The Kier molecular flexibility index (Phi) is 5.28. The van der Waals surface area contributed by atoms with Crippen molar-refractivity contribution in [3.8, 4) is 11.3 Å². The first-order valence-electron chi connectivity index (χ1n) is 10.0. The highest BCUT2D eigenvalue weighted by atomic mass is 16.2. The van der Waals surface area contributed by atoms with Crippen molar-refractivity contribution in [2.75, 3.05) is 31.9 Å². The number of likely N-dealkylation sites (tertiary alicyclic amines) is 2. The van der Waals surface area contributed by atoms with E-state index in [1.54, 1.807) is 12.3 Å². The third-order valence-corrected chi connectivity index (χ3v) is 5.69. The van der Waals surface area contributed by atoms with Crippen molar-refractivity contribution >= 4 is 17.5 Å². The van der Waals surface area contributed by atoms with Gasteiger partial charge in [-0.2, -0.15) is 0 Å². The Labute approximate surface area is 165 Å². The van der Waals surface area contributed by atoms with Crippen molar-refractivity contribution in [2.45, 2.75) is 25.7 Å². The second-order valence-corrected chi connectivity index (χ2v) is 7.67. The van der Waals surface area contributed by atoms with E-state index in [0.717, 1.165) is 50.0 Å². The van der Waals surface area contributed by atoms with E-state index < -0.39 is 0 Å². The number of rotatable bonds is 3. The van der Waals surface area contributed by atoms with Crippen molar-refractivity contribution in [3.63, 3.8) is 0 Å². The molecule has 6 heteroatoms. The van der Waals surface area contributed by atoms with Gasteiger partial charge in [-0.15, -0.1) is 0 Å². The number of nitrogens with two attached hydrogens (primary N) is 1. The molecule has 0 saturated carbocycles. The molecular weight excluding hydrogens is 352 g/mol. The summed E-state index contributed by atoms with van der Waals surface area (Å²) in [6, 6.07) is 11.0. The van der Waals surface area contributed by atoms with Crippen LogP contribution in [0.2, 0.25) is 0 Å². The molecule has 6 nitrogen and oxygen atoms in total. The summed E-state index contributed by atoms with van der Waals surface area (Å²) in [5.41, 5.74) is 8.83. The lowest BCUT2D eigenvalue weighted by Gasteiger charge is -2.34. The molecule has 28 heavy (non-hydrogen) atoms. The maximum Gasteiger partial charge on any atom is 0.253 e. The Morgan fingerprint density at radius 1 is 0.964 bits per heavy atom. The Hall–Kier alpha value is -2.89. The molecule has 1 atom stereocenters. The fourth-order valence-electron chi connectivity index (χ4n) is 4.13. The van der Waals surface area contributed by atoms with Crippen LogP contribution in [0, 0.1) is 5.92 Å². The predicted molar refractivity (Wildman–Crippen MR) is 109 cm³/mol. The van der Waals surface area contributed by atoms with Crippen molar-refractivity contribution in [1.82, 2.24) is 14.8 Å². The molecule has 0 radical (unpaired) electrons. The maximum absolute atomic E-state index is 13.0. The Balaban J connectivity index is 1.44. The van der Waals surface area contributed by atoms with Gasteiger partial charge in [0, 0.05) is 49.2 Å². The monoisotopic (exact) mass is 378 g/mol. The molecule has 0 unspecified atom stereocenters. The predicted octanol–water partition coefficient (Wildman–Crippen LogP) is 2.81. The van der Waals surface area contributed by atoms with E-state index in [1.807, 2.05) is 40.1 Å². The van der Waals surface area contributed by atoms with Crippen molar-refractivity contribution in [3.05, 3.63) is 48.2 Å². The summed E-state index contributed by atoms with van der Waals surface area (Å²) in [7, 11) is 0. The lowest BCUT2D eigenvalue weighted by molar-refractivity contribution is -0.135. The minimum Gasteiger partial charge on any atom is -0.399 e. The third kappa shape index (κ3) is 3.86. The molecule has 0 spiro atoms. The van der Waals surface area contributed by atoms with E-state index in [4.69, 9.17) is 5.73 Å². The second kappa shape index (κ2) is 8.00. The van der Waals surface area contributed by atoms with E-state index >= 15 is 0 Å². The lowest BCUT2D eigenvalue weighted by atomic mass is 9.95. The number of carbonyl (C=O) groups is 2. The Morgan fingerprint density at radius 3 is 2.39 bits per heavy atom. The highest BCUT2D eigenvalue weighted by Gasteiger charge is 2.32. The first kappa shape index (κ1) is 18.5. The zero-order valence-electron chi connectivity index (χ0n) is 16.0. The van der Waals surface area contributed by atoms with Crippen LogP contribution in [0.5, 0.6) is 0 Å². The summed E-state index contributed by atoms with van der Waals surface area (Å²) in [5.74, 6) is 0.149. The fraction of sp³-hybridized carbons (Fsp3) is 0.409. The number of amides is 2. The van der Waals surface area contributed by atoms with Crippen molar-refractivity contribution in [1.29, 1.82) is 0 Å². The molecule has 2 fully saturated rings. The summed E-state index contributed by atoms with van der Waals surface area (Å²) in [5, 5.41) is 0. The maximum atomic E-state index is 13.0. The Morgan fingerprint density at radius 2 is 1.68 bits per heavy atom. The van der Waals surface area contributed by atoms with E-state index in [2.05, 4.69) is 4.98 Å². The van der Waals surface area contributed by atoms with Crippen LogP contribution >= 0.6 is 0 Å². The number of carbonyl (C=O) groups excluding carboxylic acids is 2. The normalized spacial score (nSPS) is 19.6. The standard InChI is InChI=1S/C22H26N4O2/c23-19-9-10-24-20(14-19)16-5-7-17(8-6-16)21(27)26-13-3-4-18(15-26)22(28)25-11-1-2-12-25/h5-10,14,18H,1-4,11-13,15H2,(H2,23,24)/t18-/m0/s1. The first-order chi connectivity index (χ1) is 13.6. The number of aromatic nitrogens is 1. The van der Waals surface area contributed by atoms with Crippen LogP contribution in [-0.4, -0.2) is 52.8 Å². The van der Waals surface area contributed by atoms with Gasteiger partial charge in [-0.05, 0) is 49.9 Å². The number of hydrogen-bond acceptors (Lipinski definition) is 4. The van der Waals surface area contributed by atoms with E-state index in [1.165, 1.54) is 0 Å². The molecule has 2 N–H and O–H groups in total. The zero-order chi connectivity index (χ0) is 19.5. The van der Waals surface area contributed by atoms with E-state index in [9.17, 15) is 9.59 Å². The van der Waals surface area contributed by atoms with Gasteiger partial charge in [0.25, 0.3) is 5.91 Å². The number of benzene rings is 1. The smallest absolute Gasteiger partial charge is 0.253 e.